The number of unbranched alkanes of at least 4 members (excludes halogenated alkanes) is 2. The van der Waals surface area contributed by atoms with Gasteiger partial charge in [0.1, 0.15) is 0 Å². The normalized spacial score (nSPS) is 9.20. The Hall–Kier alpha value is 0. The van der Waals surface area contributed by atoms with Gasteiger partial charge in [-0.05, 0) is 11.8 Å². The molecule has 0 saturated heterocycles. The van der Waals surface area contributed by atoms with E-state index in [-0.39, 0.29) is 0 Å². The van der Waals surface area contributed by atoms with E-state index in [0.717, 1.165) is 11.8 Å². The molecule has 0 fully saturated rings. The van der Waals surface area contributed by atoms with Gasteiger partial charge in [0.05, 0.1) is 0 Å². The Morgan fingerprint density at radius 1 is 0.600 bits per heavy atom. The van der Waals surface area contributed by atoms with Gasteiger partial charge in [-0.3, -0.25) is 0 Å². The van der Waals surface area contributed by atoms with Gasteiger partial charge in [0.25, 0.3) is 0 Å². The van der Waals surface area contributed by atoms with Gasteiger partial charge in [0.2, 0.25) is 0 Å². The van der Waals surface area contributed by atoms with Crippen molar-refractivity contribution in [2.24, 2.45) is 11.8 Å². The molecule has 0 saturated carbocycles. The van der Waals surface area contributed by atoms with Gasteiger partial charge in [0.15, 0.2) is 0 Å². The third kappa shape index (κ3) is 56.0. The first-order valence-corrected chi connectivity index (χ1v) is 6.95. The summed E-state index contributed by atoms with van der Waals surface area (Å²) in [7, 11) is 0. The molecule has 0 unspecified atom stereocenters. The highest BCUT2D eigenvalue weighted by atomic mass is 13.9. The molecular weight excluding hydrogens is 180 g/mol. The summed E-state index contributed by atoms with van der Waals surface area (Å²) >= 11 is 0. The van der Waals surface area contributed by atoms with Crippen LogP contribution in [0.1, 0.15) is 87.5 Å². The average molecular weight is 216 g/mol. The SMILES string of the molecule is CCC(C)C.CCC(C)C.CCCCC. The molecule has 0 heterocycles. The van der Waals surface area contributed by atoms with E-state index < -0.39 is 0 Å². The van der Waals surface area contributed by atoms with Crippen LogP contribution in [0.25, 0.3) is 0 Å². The predicted octanol–water partition coefficient (Wildman–Crippen LogP) is 6.30. The lowest BCUT2D eigenvalue weighted by atomic mass is 10.2. The van der Waals surface area contributed by atoms with Crippen molar-refractivity contribution in [1.82, 2.24) is 0 Å². The lowest BCUT2D eigenvalue weighted by molar-refractivity contribution is 0.626. The van der Waals surface area contributed by atoms with E-state index in [1.165, 1.54) is 32.1 Å². The molecule has 0 spiro atoms. The fourth-order valence-electron chi connectivity index (χ4n) is 0.354. The van der Waals surface area contributed by atoms with E-state index in [4.69, 9.17) is 0 Å². The molecule has 15 heavy (non-hydrogen) atoms. The van der Waals surface area contributed by atoms with Crippen molar-refractivity contribution in [1.29, 1.82) is 0 Å². The zero-order valence-corrected chi connectivity index (χ0v) is 12.7. The largest absolute Gasteiger partial charge is 0.0654 e. The molecule has 0 aliphatic heterocycles. The average Bonchev–Trinajstić information content (AvgIpc) is 2.20. The molecule has 0 nitrogen and oxygen atoms in total. The first kappa shape index (κ1) is 20.4. The van der Waals surface area contributed by atoms with Crippen molar-refractivity contribution in [2.75, 3.05) is 0 Å². The summed E-state index contributed by atoms with van der Waals surface area (Å²) < 4.78 is 0. The van der Waals surface area contributed by atoms with Crippen LogP contribution in [0.4, 0.5) is 0 Å². The van der Waals surface area contributed by atoms with Crippen LogP contribution >= 0.6 is 0 Å². The maximum absolute atomic E-state index is 2.22. The molecule has 0 aromatic rings. The van der Waals surface area contributed by atoms with Crippen LogP contribution in [0.15, 0.2) is 0 Å². The van der Waals surface area contributed by atoms with Crippen molar-refractivity contribution in [2.45, 2.75) is 87.5 Å². The smallest absolute Gasteiger partial charge is 0.0474 e. The van der Waals surface area contributed by atoms with E-state index in [1.54, 1.807) is 0 Å². The Kier molecular flexibility index (Phi) is 26.6. The van der Waals surface area contributed by atoms with Crippen molar-refractivity contribution in [3.63, 3.8) is 0 Å². The predicted molar refractivity (Wildman–Crippen MR) is 75.5 cm³/mol. The highest BCUT2D eigenvalue weighted by molar-refractivity contribution is 4.33. The van der Waals surface area contributed by atoms with Gasteiger partial charge in [0, 0.05) is 0 Å². The summed E-state index contributed by atoms with van der Waals surface area (Å²) in [5.41, 5.74) is 0. The van der Waals surface area contributed by atoms with Crippen molar-refractivity contribution in [3.8, 4) is 0 Å². The summed E-state index contributed by atoms with van der Waals surface area (Å²) in [6.45, 7) is 17.7. The lowest BCUT2D eigenvalue weighted by Crippen LogP contribution is -1.77. The van der Waals surface area contributed by atoms with Crippen LogP contribution in [-0.4, -0.2) is 0 Å². The maximum Gasteiger partial charge on any atom is -0.0474 e. The van der Waals surface area contributed by atoms with E-state index in [0.29, 0.717) is 0 Å². The van der Waals surface area contributed by atoms with Gasteiger partial charge < -0.3 is 0 Å². The minimum Gasteiger partial charge on any atom is -0.0654 e. The van der Waals surface area contributed by atoms with Gasteiger partial charge in [-0.15, -0.1) is 0 Å². The number of hydrogen-bond donors (Lipinski definition) is 0. The highest BCUT2D eigenvalue weighted by Gasteiger charge is 1.80. The van der Waals surface area contributed by atoms with Gasteiger partial charge in [-0.25, -0.2) is 0 Å². The summed E-state index contributed by atoms with van der Waals surface area (Å²) in [6, 6.07) is 0. The molecule has 0 rings (SSSR count). The zero-order valence-electron chi connectivity index (χ0n) is 12.7. The standard InChI is InChI=1S/3C5H12/c2*1-4-5(2)3;1-3-5-4-2/h2*5H,4H2,1-3H3;3-5H2,1-2H3. The number of rotatable bonds is 4. The molecule has 0 N–H and O–H groups in total. The Morgan fingerprint density at radius 3 is 0.800 bits per heavy atom. The molecule has 0 aromatic heterocycles. The topological polar surface area (TPSA) is 0 Å². The molecule has 96 valence electrons. The first-order chi connectivity index (χ1) is 6.95. The van der Waals surface area contributed by atoms with Crippen LogP contribution in [0.3, 0.4) is 0 Å². The summed E-state index contributed by atoms with van der Waals surface area (Å²) in [6.07, 6.45) is 6.69. The lowest BCUT2D eigenvalue weighted by Gasteiger charge is -1.90. The second-order valence-corrected chi connectivity index (χ2v) is 4.96. The molecule has 0 aliphatic carbocycles. The molecule has 0 aliphatic rings. The molecule has 0 bridgehead atoms. The maximum atomic E-state index is 2.22. The van der Waals surface area contributed by atoms with Crippen LogP contribution in [0.2, 0.25) is 0 Å². The third-order valence-electron chi connectivity index (χ3n) is 2.34. The minimum atomic E-state index is 0.884. The van der Waals surface area contributed by atoms with Crippen LogP contribution in [0, 0.1) is 11.8 Å². The van der Waals surface area contributed by atoms with E-state index in [1.807, 2.05) is 0 Å². The molecule has 0 amide bonds. The Balaban J connectivity index is -0.000000144. The molecule has 0 heteroatoms. The van der Waals surface area contributed by atoms with E-state index in [9.17, 15) is 0 Å². The third-order valence-corrected chi connectivity index (χ3v) is 2.34. The second-order valence-electron chi connectivity index (χ2n) is 4.96. The highest BCUT2D eigenvalue weighted by Crippen LogP contribution is 1.94. The zero-order chi connectivity index (χ0) is 12.7. The minimum absolute atomic E-state index is 0.884. The summed E-state index contributed by atoms with van der Waals surface area (Å²) in [4.78, 5) is 0. The quantitative estimate of drug-likeness (QED) is 0.517. The van der Waals surface area contributed by atoms with Crippen LogP contribution in [0.5, 0.6) is 0 Å². The molecular formula is C15H36. The second kappa shape index (κ2) is 19.6. The monoisotopic (exact) mass is 216 g/mol. The molecule has 0 radical (unpaired) electrons. The van der Waals surface area contributed by atoms with Gasteiger partial charge in [-0.1, -0.05) is 87.5 Å². The molecule has 0 aromatic carbocycles. The fourth-order valence-corrected chi connectivity index (χ4v) is 0.354. The Labute approximate surface area is 99.9 Å². The van der Waals surface area contributed by atoms with E-state index in [2.05, 4.69) is 55.4 Å². The summed E-state index contributed by atoms with van der Waals surface area (Å²) in [5, 5.41) is 0. The first-order valence-electron chi connectivity index (χ1n) is 6.95. The van der Waals surface area contributed by atoms with Crippen molar-refractivity contribution < 1.29 is 0 Å². The summed E-state index contributed by atoms with van der Waals surface area (Å²) in [5.74, 6) is 1.77. The van der Waals surface area contributed by atoms with Gasteiger partial charge >= 0.3 is 0 Å². The Morgan fingerprint density at radius 2 is 0.800 bits per heavy atom. The number of hydrogen-bond acceptors (Lipinski definition) is 0. The van der Waals surface area contributed by atoms with Crippen molar-refractivity contribution in [3.05, 3.63) is 0 Å². The van der Waals surface area contributed by atoms with Gasteiger partial charge in [-0.2, -0.15) is 0 Å². The Bertz CT molecular complexity index is 62.1. The molecule has 0 atom stereocenters. The van der Waals surface area contributed by atoms with Crippen LogP contribution in [-0.2, 0) is 0 Å². The van der Waals surface area contributed by atoms with E-state index >= 15 is 0 Å². The van der Waals surface area contributed by atoms with Crippen LogP contribution < -0.4 is 0 Å². The fraction of sp³-hybridized carbons (Fsp3) is 1.00. The van der Waals surface area contributed by atoms with Crippen molar-refractivity contribution >= 4 is 0 Å².